The van der Waals surface area contributed by atoms with Gasteiger partial charge in [0.25, 0.3) is 0 Å². The monoisotopic (exact) mass is 189 g/mol. The van der Waals surface area contributed by atoms with Crippen molar-refractivity contribution < 1.29 is 4.74 Å². The Bertz CT molecular complexity index is 128. The summed E-state index contributed by atoms with van der Waals surface area (Å²) in [5.74, 6) is 0. The zero-order valence-corrected chi connectivity index (χ0v) is 8.75. The fourth-order valence-electron chi connectivity index (χ4n) is 1.04. The van der Waals surface area contributed by atoms with Crippen LogP contribution in [-0.4, -0.2) is 25.4 Å². The molecule has 80 valence electrons. The van der Waals surface area contributed by atoms with Crippen molar-refractivity contribution in [2.75, 3.05) is 13.7 Å². The molecule has 1 unspecified atom stereocenters. The van der Waals surface area contributed by atoms with Crippen molar-refractivity contribution in [3.63, 3.8) is 0 Å². The van der Waals surface area contributed by atoms with Crippen molar-refractivity contribution in [3.8, 4) is 0 Å². The van der Waals surface area contributed by atoms with Gasteiger partial charge in [-0.1, -0.05) is 6.92 Å². The van der Waals surface area contributed by atoms with Crippen LogP contribution in [0.5, 0.6) is 0 Å². The van der Waals surface area contributed by atoms with E-state index >= 15 is 0 Å². The average Bonchev–Trinajstić information content (AvgIpc) is 2.11. The molecule has 0 aliphatic heterocycles. The van der Waals surface area contributed by atoms with Crippen molar-refractivity contribution in [1.82, 2.24) is 0 Å². The van der Waals surface area contributed by atoms with Crippen LogP contribution in [0.2, 0.25) is 0 Å². The Kier molecular flexibility index (Phi) is 6.24. The summed E-state index contributed by atoms with van der Waals surface area (Å²) < 4.78 is 4.93. The molecule has 0 aromatic carbocycles. The fourth-order valence-corrected chi connectivity index (χ4v) is 1.04. The van der Waals surface area contributed by atoms with Crippen LogP contribution in [0.15, 0.2) is 0 Å². The molecule has 0 bridgehead atoms. The molecule has 0 aliphatic rings. The Morgan fingerprint density at radius 3 is 2.38 bits per heavy atom. The molecule has 13 heavy (non-hydrogen) atoms. The first-order valence-electron chi connectivity index (χ1n) is 4.84. The van der Waals surface area contributed by atoms with Crippen LogP contribution in [0.3, 0.4) is 0 Å². The quantitative estimate of drug-likeness (QED) is 0.498. The predicted molar refractivity (Wildman–Crippen MR) is 55.1 cm³/mol. The lowest BCUT2D eigenvalue weighted by molar-refractivity contribution is 0.184. The van der Waals surface area contributed by atoms with Gasteiger partial charge in [-0.3, -0.25) is 0 Å². The lowest BCUT2D eigenvalue weighted by Crippen LogP contribution is -2.49. The summed E-state index contributed by atoms with van der Waals surface area (Å²) in [6, 6.07) is 0.151. The van der Waals surface area contributed by atoms with Crippen LogP contribution in [0.25, 0.3) is 0 Å². The third-order valence-corrected chi connectivity index (χ3v) is 2.33. The Balaban J connectivity index is 3.51. The highest BCUT2D eigenvalue weighted by Crippen LogP contribution is 2.09. The highest BCUT2D eigenvalue weighted by atomic mass is 16.5. The first-order chi connectivity index (χ1) is 6.02. The topological polar surface area (TPSA) is 87.3 Å². The third kappa shape index (κ3) is 6.95. The lowest BCUT2D eigenvalue weighted by Gasteiger charge is -2.24. The molecule has 0 aliphatic carbocycles. The van der Waals surface area contributed by atoms with Crippen LogP contribution in [0.1, 0.15) is 32.6 Å². The van der Waals surface area contributed by atoms with E-state index in [1.807, 2.05) is 6.92 Å². The zero-order chi connectivity index (χ0) is 10.3. The summed E-state index contributed by atoms with van der Waals surface area (Å²) in [7, 11) is 1.68. The summed E-state index contributed by atoms with van der Waals surface area (Å²) in [6.07, 6.45) is 3.29. The minimum Gasteiger partial charge on any atom is -0.385 e. The van der Waals surface area contributed by atoms with Crippen LogP contribution in [-0.2, 0) is 4.74 Å². The fraction of sp³-hybridized carbons (Fsp3) is 1.00. The van der Waals surface area contributed by atoms with E-state index in [9.17, 15) is 0 Å². The third-order valence-electron chi connectivity index (χ3n) is 2.33. The van der Waals surface area contributed by atoms with Crippen LogP contribution < -0.4 is 17.2 Å². The van der Waals surface area contributed by atoms with Crippen LogP contribution in [0.4, 0.5) is 0 Å². The van der Waals surface area contributed by atoms with E-state index in [0.717, 1.165) is 25.7 Å². The summed E-state index contributed by atoms with van der Waals surface area (Å²) >= 11 is 0. The number of ether oxygens (including phenoxy) is 1. The second-order valence-electron chi connectivity index (χ2n) is 3.67. The maximum Gasteiger partial charge on any atom is 0.0634 e. The largest absolute Gasteiger partial charge is 0.385 e. The predicted octanol–water partition coefficient (Wildman–Crippen LogP) is 0.154. The van der Waals surface area contributed by atoms with Gasteiger partial charge in [0.1, 0.15) is 0 Å². The molecule has 4 nitrogen and oxygen atoms in total. The second-order valence-corrected chi connectivity index (χ2v) is 3.67. The molecule has 0 saturated carbocycles. The van der Waals surface area contributed by atoms with Gasteiger partial charge in [0, 0.05) is 19.8 Å². The number of hydrogen-bond acceptors (Lipinski definition) is 4. The molecule has 0 amide bonds. The zero-order valence-electron chi connectivity index (χ0n) is 8.75. The molecule has 0 radical (unpaired) electrons. The van der Waals surface area contributed by atoms with Gasteiger partial charge in [-0.2, -0.15) is 0 Å². The summed E-state index contributed by atoms with van der Waals surface area (Å²) in [4.78, 5) is 0. The van der Waals surface area contributed by atoms with E-state index in [4.69, 9.17) is 21.9 Å². The van der Waals surface area contributed by atoms with Crippen LogP contribution in [0, 0.1) is 0 Å². The van der Waals surface area contributed by atoms with Gasteiger partial charge in [-0.05, 0) is 25.7 Å². The summed E-state index contributed by atoms with van der Waals surface area (Å²) in [5.41, 5.74) is 16.8. The van der Waals surface area contributed by atoms with E-state index in [-0.39, 0.29) is 6.04 Å². The Hall–Kier alpha value is -0.160. The molecule has 4 heteroatoms. The molecule has 1 atom stereocenters. The Morgan fingerprint density at radius 1 is 1.31 bits per heavy atom. The van der Waals surface area contributed by atoms with Gasteiger partial charge >= 0.3 is 0 Å². The molecule has 0 rings (SSSR count). The Morgan fingerprint density at radius 2 is 1.92 bits per heavy atom. The van der Waals surface area contributed by atoms with Crippen LogP contribution >= 0.6 is 0 Å². The first-order valence-corrected chi connectivity index (χ1v) is 4.84. The van der Waals surface area contributed by atoms with Gasteiger partial charge in [0.05, 0.1) is 5.66 Å². The van der Waals surface area contributed by atoms with Gasteiger partial charge < -0.3 is 21.9 Å². The van der Waals surface area contributed by atoms with Crippen molar-refractivity contribution >= 4 is 0 Å². The van der Waals surface area contributed by atoms with Gasteiger partial charge in [-0.15, -0.1) is 0 Å². The minimum absolute atomic E-state index is 0.151. The number of hydrogen-bond donors (Lipinski definition) is 3. The van der Waals surface area contributed by atoms with Gasteiger partial charge in [0.15, 0.2) is 0 Å². The van der Waals surface area contributed by atoms with Gasteiger partial charge in [-0.25, -0.2) is 0 Å². The maximum atomic E-state index is 5.83. The van der Waals surface area contributed by atoms with E-state index in [1.54, 1.807) is 7.11 Å². The molecule has 0 fully saturated rings. The van der Waals surface area contributed by atoms with E-state index < -0.39 is 5.66 Å². The normalized spacial score (nSPS) is 14.5. The lowest BCUT2D eigenvalue weighted by atomic mass is 9.98. The molecule has 0 spiro atoms. The highest BCUT2D eigenvalue weighted by molar-refractivity contribution is 4.77. The molecular formula is C9H23N3O. The van der Waals surface area contributed by atoms with Crippen molar-refractivity contribution in [2.24, 2.45) is 17.2 Å². The van der Waals surface area contributed by atoms with Crippen molar-refractivity contribution in [2.45, 2.75) is 44.3 Å². The van der Waals surface area contributed by atoms with E-state index in [0.29, 0.717) is 6.61 Å². The first kappa shape index (κ1) is 12.8. The second kappa shape index (κ2) is 6.32. The number of methoxy groups -OCH3 is 1. The Labute approximate surface area is 80.8 Å². The summed E-state index contributed by atoms with van der Waals surface area (Å²) in [6.45, 7) is 2.69. The van der Waals surface area contributed by atoms with Crippen molar-refractivity contribution in [3.05, 3.63) is 0 Å². The smallest absolute Gasteiger partial charge is 0.0634 e. The molecule has 0 saturated heterocycles. The number of rotatable bonds is 7. The van der Waals surface area contributed by atoms with E-state index in [1.165, 1.54) is 0 Å². The molecule has 6 N–H and O–H groups in total. The molecule has 0 aromatic heterocycles. The van der Waals surface area contributed by atoms with Gasteiger partial charge in [0.2, 0.25) is 0 Å². The highest BCUT2D eigenvalue weighted by Gasteiger charge is 2.17. The SMILES string of the molecule is CCC(N)(N)CCC(N)CCOC. The maximum absolute atomic E-state index is 5.83. The molecule has 0 heterocycles. The molecular weight excluding hydrogens is 166 g/mol. The molecule has 0 aromatic rings. The summed E-state index contributed by atoms with van der Waals surface area (Å²) in [5, 5.41) is 0. The average molecular weight is 189 g/mol. The number of nitrogens with two attached hydrogens (primary N) is 3. The van der Waals surface area contributed by atoms with Crippen molar-refractivity contribution in [1.29, 1.82) is 0 Å². The minimum atomic E-state index is -0.551. The standard InChI is InChI=1S/C9H23N3O/c1-3-9(11,12)6-4-8(10)5-7-13-2/h8H,3-7,10-12H2,1-2H3. The van der Waals surface area contributed by atoms with E-state index in [2.05, 4.69) is 0 Å².